The highest BCUT2D eigenvalue weighted by Gasteiger charge is 2.13. The molecule has 7 heteroatoms. The van der Waals surface area contributed by atoms with Crippen molar-refractivity contribution in [2.24, 2.45) is 0 Å². The molecule has 0 saturated heterocycles. The Hall–Kier alpha value is -2.37. The number of amides is 1. The molecule has 128 valence electrons. The maximum atomic E-state index is 12.4. The van der Waals surface area contributed by atoms with Crippen LogP contribution in [0.2, 0.25) is 10.0 Å². The van der Waals surface area contributed by atoms with Gasteiger partial charge in [0.25, 0.3) is 5.56 Å². The summed E-state index contributed by atoms with van der Waals surface area (Å²) in [5, 5.41) is 4.20. The van der Waals surface area contributed by atoms with Gasteiger partial charge in [-0.25, -0.2) is 4.98 Å². The number of hydrogen-bond donors (Lipinski definition) is 1. The Balaban J connectivity index is 1.75. The second-order valence-electron chi connectivity index (χ2n) is 5.66. The lowest BCUT2D eigenvalue weighted by molar-refractivity contribution is -0.122. The fourth-order valence-corrected chi connectivity index (χ4v) is 2.83. The summed E-state index contributed by atoms with van der Waals surface area (Å²) in [6, 6.07) is 11.9. The molecule has 25 heavy (non-hydrogen) atoms. The summed E-state index contributed by atoms with van der Waals surface area (Å²) in [4.78, 5) is 28.9. The third-order valence-corrected chi connectivity index (χ3v) is 4.61. The van der Waals surface area contributed by atoms with E-state index in [4.69, 9.17) is 23.2 Å². The SMILES string of the molecule is CC(NC(=O)Cn1cnc2ccccc2c1=O)c1ccc(Cl)c(Cl)c1. The molecular formula is C18H15Cl2N3O2. The Kier molecular flexibility index (Phi) is 5.06. The lowest BCUT2D eigenvalue weighted by Gasteiger charge is -2.15. The molecule has 1 amide bonds. The van der Waals surface area contributed by atoms with E-state index in [-0.39, 0.29) is 24.1 Å². The number of nitrogens with zero attached hydrogens (tertiary/aromatic N) is 2. The van der Waals surface area contributed by atoms with Gasteiger partial charge in [0.2, 0.25) is 5.91 Å². The van der Waals surface area contributed by atoms with Gasteiger partial charge in [0.05, 0.1) is 33.3 Å². The number of hydrogen-bond acceptors (Lipinski definition) is 3. The molecule has 0 fully saturated rings. The molecule has 1 heterocycles. The van der Waals surface area contributed by atoms with E-state index in [2.05, 4.69) is 10.3 Å². The highest BCUT2D eigenvalue weighted by molar-refractivity contribution is 6.42. The molecule has 2 aromatic carbocycles. The van der Waals surface area contributed by atoms with Crippen molar-refractivity contribution in [3.05, 3.63) is 74.8 Å². The van der Waals surface area contributed by atoms with Crippen LogP contribution in [0.3, 0.4) is 0 Å². The predicted molar refractivity (Wildman–Crippen MR) is 99.0 cm³/mol. The number of aromatic nitrogens is 2. The number of carbonyl (C=O) groups is 1. The molecule has 3 rings (SSSR count). The normalized spacial score (nSPS) is 12.1. The zero-order valence-electron chi connectivity index (χ0n) is 13.4. The van der Waals surface area contributed by atoms with Gasteiger partial charge < -0.3 is 5.32 Å². The maximum Gasteiger partial charge on any atom is 0.261 e. The number of rotatable bonds is 4. The number of para-hydroxylation sites is 1. The number of fused-ring (bicyclic) bond motifs is 1. The van der Waals surface area contributed by atoms with Gasteiger partial charge in [0.1, 0.15) is 6.54 Å². The van der Waals surface area contributed by atoms with Gasteiger partial charge in [-0.1, -0.05) is 41.4 Å². The first-order valence-electron chi connectivity index (χ1n) is 7.64. The quantitative estimate of drug-likeness (QED) is 0.757. The topological polar surface area (TPSA) is 64.0 Å². The van der Waals surface area contributed by atoms with Crippen molar-refractivity contribution < 1.29 is 4.79 Å². The van der Waals surface area contributed by atoms with Crippen molar-refractivity contribution in [3.63, 3.8) is 0 Å². The first-order valence-corrected chi connectivity index (χ1v) is 8.40. The van der Waals surface area contributed by atoms with E-state index < -0.39 is 0 Å². The van der Waals surface area contributed by atoms with Crippen LogP contribution >= 0.6 is 23.2 Å². The lowest BCUT2D eigenvalue weighted by atomic mass is 10.1. The largest absolute Gasteiger partial charge is 0.348 e. The molecule has 1 unspecified atom stereocenters. The van der Waals surface area contributed by atoms with E-state index >= 15 is 0 Å². The summed E-state index contributed by atoms with van der Waals surface area (Å²) < 4.78 is 1.29. The Morgan fingerprint density at radius 1 is 1.20 bits per heavy atom. The molecule has 0 bridgehead atoms. The van der Waals surface area contributed by atoms with Gasteiger partial charge in [-0.2, -0.15) is 0 Å². The van der Waals surface area contributed by atoms with Gasteiger partial charge in [0.15, 0.2) is 0 Å². The average molecular weight is 376 g/mol. The minimum atomic E-state index is -0.294. The van der Waals surface area contributed by atoms with E-state index in [9.17, 15) is 9.59 Å². The van der Waals surface area contributed by atoms with Gasteiger partial charge in [-0.05, 0) is 36.8 Å². The molecule has 1 atom stereocenters. The van der Waals surface area contributed by atoms with E-state index in [1.165, 1.54) is 10.9 Å². The first kappa shape index (κ1) is 17.5. The second-order valence-corrected chi connectivity index (χ2v) is 6.47. The van der Waals surface area contributed by atoms with Crippen LogP contribution in [0.15, 0.2) is 53.6 Å². The van der Waals surface area contributed by atoms with Crippen molar-refractivity contribution >= 4 is 40.0 Å². The number of carbonyl (C=O) groups excluding carboxylic acids is 1. The smallest absolute Gasteiger partial charge is 0.261 e. The predicted octanol–water partition coefficient (Wildman–Crippen LogP) is 3.58. The summed E-state index contributed by atoms with van der Waals surface area (Å²) in [5.74, 6) is -0.294. The summed E-state index contributed by atoms with van der Waals surface area (Å²) in [7, 11) is 0. The Labute approximate surface area is 154 Å². The second kappa shape index (κ2) is 7.25. The van der Waals surface area contributed by atoms with Crippen LogP contribution in [-0.4, -0.2) is 15.5 Å². The molecule has 0 aliphatic heterocycles. The standard InChI is InChI=1S/C18H15Cl2N3O2/c1-11(12-6-7-14(19)15(20)8-12)22-17(24)9-23-10-21-16-5-3-2-4-13(16)18(23)25/h2-8,10-11H,9H2,1H3,(H,22,24). The minimum Gasteiger partial charge on any atom is -0.348 e. The summed E-state index contributed by atoms with van der Waals surface area (Å²) >= 11 is 11.9. The lowest BCUT2D eigenvalue weighted by Crippen LogP contribution is -2.34. The molecule has 0 radical (unpaired) electrons. The summed E-state index contributed by atoms with van der Waals surface area (Å²) in [6.07, 6.45) is 1.38. The first-order chi connectivity index (χ1) is 12.0. The molecule has 3 aromatic rings. The zero-order valence-corrected chi connectivity index (χ0v) is 14.9. The highest BCUT2D eigenvalue weighted by Crippen LogP contribution is 2.25. The van der Waals surface area contributed by atoms with Crippen LogP contribution in [-0.2, 0) is 11.3 Å². The van der Waals surface area contributed by atoms with Gasteiger partial charge >= 0.3 is 0 Å². The van der Waals surface area contributed by atoms with Crippen LogP contribution in [0.25, 0.3) is 10.9 Å². The minimum absolute atomic E-state index is 0.109. The van der Waals surface area contributed by atoms with Gasteiger partial charge in [0, 0.05) is 0 Å². The third-order valence-electron chi connectivity index (χ3n) is 3.87. The van der Waals surface area contributed by atoms with Crippen LogP contribution in [0.5, 0.6) is 0 Å². The zero-order chi connectivity index (χ0) is 18.0. The van der Waals surface area contributed by atoms with Crippen LogP contribution < -0.4 is 10.9 Å². The molecule has 0 spiro atoms. The molecule has 1 aromatic heterocycles. The van der Waals surface area contributed by atoms with Crippen LogP contribution in [0, 0.1) is 0 Å². The molecular weight excluding hydrogens is 361 g/mol. The van der Waals surface area contributed by atoms with Crippen molar-refractivity contribution in [3.8, 4) is 0 Å². The number of benzene rings is 2. The number of halogens is 2. The van der Waals surface area contributed by atoms with E-state index in [0.717, 1.165) is 5.56 Å². The molecule has 5 nitrogen and oxygen atoms in total. The average Bonchev–Trinajstić information content (AvgIpc) is 2.60. The summed E-state index contributed by atoms with van der Waals surface area (Å²) in [6.45, 7) is 1.72. The Morgan fingerprint density at radius 2 is 1.96 bits per heavy atom. The van der Waals surface area contributed by atoms with Crippen LogP contribution in [0.4, 0.5) is 0 Å². The Morgan fingerprint density at radius 3 is 2.72 bits per heavy atom. The maximum absolute atomic E-state index is 12.4. The van der Waals surface area contributed by atoms with Crippen molar-refractivity contribution in [2.75, 3.05) is 0 Å². The van der Waals surface area contributed by atoms with Gasteiger partial charge in [-0.15, -0.1) is 0 Å². The summed E-state index contributed by atoms with van der Waals surface area (Å²) in [5.41, 5.74) is 1.18. The fourth-order valence-electron chi connectivity index (χ4n) is 2.53. The molecule has 0 saturated carbocycles. The monoisotopic (exact) mass is 375 g/mol. The molecule has 1 N–H and O–H groups in total. The molecule has 0 aliphatic rings. The van der Waals surface area contributed by atoms with Gasteiger partial charge in [-0.3, -0.25) is 14.2 Å². The van der Waals surface area contributed by atoms with E-state index in [1.54, 1.807) is 36.4 Å². The highest BCUT2D eigenvalue weighted by atomic mass is 35.5. The van der Waals surface area contributed by atoms with E-state index in [1.807, 2.05) is 13.0 Å². The van der Waals surface area contributed by atoms with Crippen molar-refractivity contribution in [1.29, 1.82) is 0 Å². The Bertz CT molecular complexity index is 1000. The fraction of sp³-hybridized carbons (Fsp3) is 0.167. The van der Waals surface area contributed by atoms with E-state index in [0.29, 0.717) is 20.9 Å². The molecule has 0 aliphatic carbocycles. The number of nitrogens with one attached hydrogen (secondary N) is 1. The van der Waals surface area contributed by atoms with Crippen LogP contribution in [0.1, 0.15) is 18.5 Å². The van der Waals surface area contributed by atoms with Crippen molar-refractivity contribution in [1.82, 2.24) is 14.9 Å². The third kappa shape index (κ3) is 3.83. The van der Waals surface area contributed by atoms with Crippen molar-refractivity contribution in [2.45, 2.75) is 19.5 Å².